The Bertz CT molecular complexity index is 1330. The quantitative estimate of drug-likeness (QED) is 0.365. The van der Waals surface area contributed by atoms with Crippen LogP contribution in [0.25, 0.3) is 0 Å². The molecule has 0 radical (unpaired) electrons. The number of carboxylic acid groups (broad SMARTS) is 1. The van der Waals surface area contributed by atoms with E-state index in [1.165, 1.54) is 60.7 Å². The SMILES string of the molecule is CCNC(=O)c1ccc(Oc2cc(Cl)cc(CC(=O)O)c2)c(NS(=O)(=O)c2ccc(Cl)cc2)c1. The second-order valence-corrected chi connectivity index (χ2v) is 9.65. The molecule has 0 aliphatic rings. The van der Waals surface area contributed by atoms with Crippen molar-refractivity contribution in [3.05, 3.63) is 81.8 Å². The zero-order valence-electron chi connectivity index (χ0n) is 17.8. The largest absolute Gasteiger partial charge is 0.481 e. The van der Waals surface area contributed by atoms with Gasteiger partial charge in [-0.05, 0) is 73.2 Å². The van der Waals surface area contributed by atoms with Crippen molar-refractivity contribution in [2.75, 3.05) is 11.3 Å². The maximum atomic E-state index is 13.0. The highest BCUT2D eigenvalue weighted by molar-refractivity contribution is 7.92. The number of aliphatic carboxylic acids is 1. The first-order valence-corrected chi connectivity index (χ1v) is 12.2. The highest BCUT2D eigenvalue weighted by atomic mass is 35.5. The summed E-state index contributed by atoms with van der Waals surface area (Å²) in [7, 11) is -4.06. The summed E-state index contributed by atoms with van der Waals surface area (Å²) in [6, 6.07) is 14.2. The molecule has 0 spiro atoms. The third kappa shape index (κ3) is 6.63. The first-order chi connectivity index (χ1) is 16.1. The molecule has 34 heavy (non-hydrogen) atoms. The van der Waals surface area contributed by atoms with E-state index in [0.29, 0.717) is 17.1 Å². The van der Waals surface area contributed by atoms with Crippen LogP contribution in [0.1, 0.15) is 22.8 Å². The van der Waals surface area contributed by atoms with Gasteiger partial charge in [0.15, 0.2) is 5.75 Å². The molecule has 0 atom stereocenters. The molecule has 3 aromatic rings. The third-order valence-corrected chi connectivity index (χ3v) is 6.31. The van der Waals surface area contributed by atoms with Crippen molar-refractivity contribution in [3.8, 4) is 11.5 Å². The predicted molar refractivity (Wildman–Crippen MR) is 130 cm³/mol. The van der Waals surface area contributed by atoms with Gasteiger partial charge in [0, 0.05) is 22.2 Å². The highest BCUT2D eigenvalue weighted by Gasteiger charge is 2.19. The number of carbonyl (C=O) groups is 2. The van der Waals surface area contributed by atoms with E-state index < -0.39 is 21.9 Å². The van der Waals surface area contributed by atoms with Crippen LogP contribution in [0.2, 0.25) is 10.0 Å². The van der Waals surface area contributed by atoms with Gasteiger partial charge >= 0.3 is 5.97 Å². The minimum Gasteiger partial charge on any atom is -0.481 e. The van der Waals surface area contributed by atoms with Crippen molar-refractivity contribution >= 4 is 50.8 Å². The van der Waals surface area contributed by atoms with Crippen LogP contribution in [0.4, 0.5) is 5.69 Å². The van der Waals surface area contributed by atoms with Gasteiger partial charge in [-0.1, -0.05) is 23.2 Å². The van der Waals surface area contributed by atoms with Crippen molar-refractivity contribution in [3.63, 3.8) is 0 Å². The Labute approximate surface area is 206 Å². The van der Waals surface area contributed by atoms with E-state index in [1.807, 2.05) is 0 Å². The Morgan fingerprint density at radius 2 is 1.68 bits per heavy atom. The number of halogens is 2. The molecule has 0 aromatic heterocycles. The number of benzene rings is 3. The molecule has 0 aliphatic heterocycles. The van der Waals surface area contributed by atoms with Gasteiger partial charge in [0.05, 0.1) is 17.0 Å². The number of ether oxygens (including phenoxy) is 1. The van der Waals surface area contributed by atoms with Crippen LogP contribution in [-0.4, -0.2) is 31.9 Å². The van der Waals surface area contributed by atoms with Gasteiger partial charge in [-0.2, -0.15) is 0 Å². The summed E-state index contributed by atoms with van der Waals surface area (Å²) < 4.78 is 34.2. The van der Waals surface area contributed by atoms with E-state index in [4.69, 9.17) is 33.0 Å². The van der Waals surface area contributed by atoms with Gasteiger partial charge in [0.2, 0.25) is 0 Å². The topological polar surface area (TPSA) is 122 Å². The van der Waals surface area contributed by atoms with E-state index in [9.17, 15) is 18.0 Å². The Morgan fingerprint density at radius 3 is 2.32 bits per heavy atom. The van der Waals surface area contributed by atoms with Crippen molar-refractivity contribution in [1.29, 1.82) is 0 Å². The van der Waals surface area contributed by atoms with Crippen LogP contribution in [0, 0.1) is 0 Å². The fourth-order valence-corrected chi connectivity index (χ4v) is 4.44. The van der Waals surface area contributed by atoms with Crippen LogP contribution in [0.15, 0.2) is 65.6 Å². The number of sulfonamides is 1. The first kappa shape index (κ1) is 25.4. The number of amides is 1. The van der Waals surface area contributed by atoms with E-state index >= 15 is 0 Å². The Balaban J connectivity index is 2.02. The van der Waals surface area contributed by atoms with Gasteiger partial charge in [0.25, 0.3) is 15.9 Å². The molecule has 8 nitrogen and oxygen atoms in total. The number of nitrogens with one attached hydrogen (secondary N) is 2. The molecular weight excluding hydrogens is 503 g/mol. The molecule has 11 heteroatoms. The van der Waals surface area contributed by atoms with Crippen molar-refractivity contribution in [2.24, 2.45) is 0 Å². The van der Waals surface area contributed by atoms with Crippen molar-refractivity contribution in [2.45, 2.75) is 18.2 Å². The Kier molecular flexibility index (Phi) is 8.03. The minimum absolute atomic E-state index is 0.00142. The van der Waals surface area contributed by atoms with Gasteiger partial charge in [-0.25, -0.2) is 8.42 Å². The summed E-state index contributed by atoms with van der Waals surface area (Å²) in [4.78, 5) is 23.3. The van der Waals surface area contributed by atoms with E-state index in [1.54, 1.807) is 6.92 Å². The predicted octanol–water partition coefficient (Wildman–Crippen LogP) is 4.96. The number of rotatable bonds is 9. The highest BCUT2D eigenvalue weighted by Crippen LogP contribution is 2.34. The molecule has 0 unspecified atom stereocenters. The van der Waals surface area contributed by atoms with Gasteiger partial charge in [0.1, 0.15) is 5.75 Å². The molecule has 3 rings (SSSR count). The average molecular weight is 523 g/mol. The molecular formula is C23H20Cl2N2O6S. The van der Waals surface area contributed by atoms with Gasteiger partial charge in [-0.15, -0.1) is 0 Å². The van der Waals surface area contributed by atoms with E-state index in [0.717, 1.165) is 0 Å². The second-order valence-electron chi connectivity index (χ2n) is 7.10. The normalized spacial score (nSPS) is 11.0. The number of carbonyl (C=O) groups excluding carboxylic acids is 1. The zero-order valence-corrected chi connectivity index (χ0v) is 20.2. The smallest absolute Gasteiger partial charge is 0.307 e. The van der Waals surface area contributed by atoms with Crippen molar-refractivity contribution < 1.29 is 27.9 Å². The summed E-state index contributed by atoms with van der Waals surface area (Å²) in [5, 5.41) is 12.3. The van der Waals surface area contributed by atoms with Gasteiger partial charge < -0.3 is 15.2 Å². The number of anilines is 1. The Morgan fingerprint density at radius 1 is 0.971 bits per heavy atom. The van der Waals surface area contributed by atoms with E-state index in [2.05, 4.69) is 10.0 Å². The molecule has 0 bridgehead atoms. The maximum Gasteiger partial charge on any atom is 0.307 e. The van der Waals surface area contributed by atoms with Crippen molar-refractivity contribution in [1.82, 2.24) is 5.32 Å². The van der Waals surface area contributed by atoms with Crippen LogP contribution in [0.3, 0.4) is 0 Å². The summed E-state index contributed by atoms with van der Waals surface area (Å²) in [5.41, 5.74) is 0.608. The third-order valence-electron chi connectivity index (χ3n) is 4.46. The second kappa shape index (κ2) is 10.8. The molecule has 3 N–H and O–H groups in total. The lowest BCUT2D eigenvalue weighted by Crippen LogP contribution is -2.23. The van der Waals surface area contributed by atoms with E-state index in [-0.39, 0.29) is 39.1 Å². The summed E-state index contributed by atoms with van der Waals surface area (Å²) in [6.45, 7) is 2.14. The van der Waals surface area contributed by atoms with Crippen LogP contribution in [0.5, 0.6) is 11.5 Å². The number of hydrogen-bond donors (Lipinski definition) is 3. The summed E-state index contributed by atoms with van der Waals surface area (Å²) in [6.07, 6.45) is -0.275. The number of hydrogen-bond acceptors (Lipinski definition) is 5. The molecule has 0 aliphatic carbocycles. The lowest BCUT2D eigenvalue weighted by Gasteiger charge is -2.16. The Hall–Kier alpha value is -3.27. The molecule has 3 aromatic carbocycles. The van der Waals surface area contributed by atoms with Crippen LogP contribution >= 0.6 is 23.2 Å². The van der Waals surface area contributed by atoms with Gasteiger partial charge in [-0.3, -0.25) is 14.3 Å². The molecule has 1 amide bonds. The summed E-state index contributed by atoms with van der Waals surface area (Å²) in [5.74, 6) is -1.17. The van der Waals surface area contributed by atoms with Crippen LogP contribution < -0.4 is 14.8 Å². The lowest BCUT2D eigenvalue weighted by molar-refractivity contribution is -0.136. The first-order valence-electron chi connectivity index (χ1n) is 9.97. The molecule has 178 valence electrons. The lowest BCUT2D eigenvalue weighted by atomic mass is 10.1. The zero-order chi connectivity index (χ0) is 24.9. The van der Waals surface area contributed by atoms with Crippen LogP contribution in [-0.2, 0) is 21.2 Å². The molecule has 0 heterocycles. The minimum atomic E-state index is -4.06. The molecule has 0 saturated carbocycles. The monoisotopic (exact) mass is 522 g/mol. The number of carboxylic acids is 1. The fraction of sp³-hybridized carbons (Fsp3) is 0.130. The summed E-state index contributed by atoms with van der Waals surface area (Å²) >= 11 is 11.9. The molecule has 0 fully saturated rings. The average Bonchev–Trinajstić information content (AvgIpc) is 2.74. The standard InChI is InChI=1S/C23H20Cl2N2O6S/c1-2-26-23(30)15-3-8-21(33-18-10-14(11-22(28)29)9-17(25)13-18)20(12-15)27-34(31,32)19-6-4-16(24)5-7-19/h3-10,12-13,27H,2,11H2,1H3,(H,26,30)(H,28,29). The molecule has 0 saturated heterocycles. The maximum absolute atomic E-state index is 13.0. The fourth-order valence-electron chi connectivity index (χ4n) is 3.00.